The first-order valence-electron chi connectivity index (χ1n) is 9.98. The van der Waals surface area contributed by atoms with E-state index in [4.69, 9.17) is 5.11 Å². The van der Waals surface area contributed by atoms with Gasteiger partial charge in [0, 0.05) is 17.7 Å². The van der Waals surface area contributed by atoms with Crippen LogP contribution in [0.2, 0.25) is 0 Å². The zero-order valence-electron chi connectivity index (χ0n) is 17.4. The number of carbonyl (C=O) groups excluding carboxylic acids is 3. The van der Waals surface area contributed by atoms with Crippen LogP contribution in [-0.2, 0) is 14.4 Å². The van der Waals surface area contributed by atoms with Gasteiger partial charge in [0.2, 0.25) is 5.91 Å². The summed E-state index contributed by atoms with van der Waals surface area (Å²) in [5, 5.41) is 24.5. The summed E-state index contributed by atoms with van der Waals surface area (Å²) in [4.78, 5) is 49.7. The van der Waals surface area contributed by atoms with Crippen molar-refractivity contribution in [2.75, 3.05) is 6.54 Å². The van der Waals surface area contributed by atoms with Crippen LogP contribution in [0.3, 0.4) is 0 Å². The van der Waals surface area contributed by atoms with Gasteiger partial charge in [0.1, 0.15) is 18.1 Å². The Morgan fingerprint density at radius 1 is 1.30 bits per heavy atom. The molecule has 1 saturated heterocycles. The molecule has 30 heavy (non-hydrogen) atoms. The minimum atomic E-state index is -1.11. The molecule has 9 heteroatoms. The molecule has 1 heterocycles. The number of phenolic OH excluding ortho intramolecular Hbond substituents is 1. The summed E-state index contributed by atoms with van der Waals surface area (Å²) in [7, 11) is 0. The summed E-state index contributed by atoms with van der Waals surface area (Å²) in [6, 6.07) is 2.91. The molecule has 1 aromatic carbocycles. The van der Waals surface area contributed by atoms with Crippen LogP contribution in [0.5, 0.6) is 5.75 Å². The van der Waals surface area contributed by atoms with Gasteiger partial charge in [-0.2, -0.15) is 0 Å². The molecule has 1 fully saturated rings. The van der Waals surface area contributed by atoms with E-state index in [2.05, 4.69) is 10.6 Å². The molecule has 2 rings (SSSR count). The Labute approximate surface area is 175 Å². The number of nitrogens with one attached hydrogen (secondary N) is 2. The van der Waals surface area contributed by atoms with Crippen molar-refractivity contribution >= 4 is 24.1 Å². The van der Waals surface area contributed by atoms with Crippen molar-refractivity contribution in [1.29, 1.82) is 0 Å². The fourth-order valence-corrected chi connectivity index (χ4v) is 3.57. The second-order valence-corrected chi connectivity index (χ2v) is 7.84. The minimum Gasteiger partial charge on any atom is -0.508 e. The first-order chi connectivity index (χ1) is 14.1. The summed E-state index contributed by atoms with van der Waals surface area (Å²) in [6.07, 6.45) is 0.963. The van der Waals surface area contributed by atoms with Crippen LogP contribution in [0.25, 0.3) is 0 Å². The topological polar surface area (TPSA) is 136 Å². The number of benzene rings is 1. The third-order valence-electron chi connectivity index (χ3n) is 5.27. The van der Waals surface area contributed by atoms with E-state index in [0.717, 1.165) is 0 Å². The van der Waals surface area contributed by atoms with Crippen molar-refractivity contribution in [2.45, 2.75) is 58.3 Å². The molecule has 4 N–H and O–H groups in total. The number of carbonyl (C=O) groups is 4. The molecule has 164 valence electrons. The first kappa shape index (κ1) is 23.3. The largest absolute Gasteiger partial charge is 0.508 e. The molecule has 2 amide bonds. The average Bonchev–Trinajstić information content (AvgIpc) is 3.14. The van der Waals surface area contributed by atoms with Gasteiger partial charge in [-0.1, -0.05) is 19.9 Å². The van der Waals surface area contributed by atoms with Gasteiger partial charge in [-0.25, -0.2) is 0 Å². The molecule has 0 bridgehead atoms. The second kappa shape index (κ2) is 10.2. The van der Waals surface area contributed by atoms with Crippen molar-refractivity contribution in [1.82, 2.24) is 15.5 Å². The summed E-state index contributed by atoms with van der Waals surface area (Å²) >= 11 is 0. The van der Waals surface area contributed by atoms with Crippen molar-refractivity contribution in [3.05, 3.63) is 29.3 Å². The monoisotopic (exact) mass is 419 g/mol. The Morgan fingerprint density at radius 3 is 2.60 bits per heavy atom. The van der Waals surface area contributed by atoms with E-state index in [1.165, 1.54) is 6.07 Å². The minimum absolute atomic E-state index is 0.00258. The van der Waals surface area contributed by atoms with Crippen LogP contribution >= 0.6 is 0 Å². The molecular weight excluding hydrogens is 390 g/mol. The van der Waals surface area contributed by atoms with Crippen LogP contribution in [0, 0.1) is 12.8 Å². The van der Waals surface area contributed by atoms with E-state index in [1.54, 1.807) is 24.0 Å². The molecule has 0 radical (unpaired) electrons. The molecule has 0 aliphatic carbocycles. The third kappa shape index (κ3) is 5.56. The van der Waals surface area contributed by atoms with Gasteiger partial charge in [0.15, 0.2) is 0 Å². The summed E-state index contributed by atoms with van der Waals surface area (Å²) in [5.41, 5.74) is 0.709. The maximum atomic E-state index is 13.2. The second-order valence-electron chi connectivity index (χ2n) is 7.84. The van der Waals surface area contributed by atoms with Crippen molar-refractivity contribution < 1.29 is 29.4 Å². The average molecular weight is 419 g/mol. The fraction of sp³-hybridized carbons (Fsp3) is 0.524. The maximum absolute atomic E-state index is 13.2. The highest BCUT2D eigenvalue weighted by atomic mass is 16.4. The van der Waals surface area contributed by atoms with Crippen molar-refractivity contribution in [2.24, 2.45) is 5.92 Å². The Balaban J connectivity index is 2.15. The first-order valence-corrected chi connectivity index (χ1v) is 9.98. The molecule has 1 unspecified atom stereocenters. The number of nitrogens with zero attached hydrogens (tertiary/aromatic N) is 1. The highest BCUT2D eigenvalue weighted by molar-refractivity contribution is 5.99. The predicted molar refractivity (Wildman–Crippen MR) is 109 cm³/mol. The number of likely N-dealkylation sites (tertiary alicyclic amines) is 1. The predicted octanol–water partition coefficient (Wildman–Crippen LogP) is 1.04. The van der Waals surface area contributed by atoms with E-state index in [1.807, 2.05) is 13.8 Å². The lowest BCUT2D eigenvalue weighted by Gasteiger charge is -2.32. The Hall–Kier alpha value is -2.94. The van der Waals surface area contributed by atoms with Crippen molar-refractivity contribution in [3.8, 4) is 5.75 Å². The number of carboxylic acids is 1. The number of aliphatic carboxylic acids is 1. The zero-order chi connectivity index (χ0) is 22.4. The Bertz CT molecular complexity index is 810. The number of aromatic hydroxyl groups is 1. The zero-order valence-corrected chi connectivity index (χ0v) is 17.4. The Morgan fingerprint density at radius 2 is 2.00 bits per heavy atom. The molecule has 0 aromatic heterocycles. The van der Waals surface area contributed by atoms with E-state index >= 15 is 0 Å². The van der Waals surface area contributed by atoms with Crippen molar-refractivity contribution in [3.63, 3.8) is 0 Å². The van der Waals surface area contributed by atoms with E-state index in [9.17, 15) is 24.3 Å². The normalized spacial score (nSPS) is 18.1. The van der Waals surface area contributed by atoms with Crippen LogP contribution < -0.4 is 10.6 Å². The van der Waals surface area contributed by atoms with E-state index in [0.29, 0.717) is 31.2 Å². The van der Waals surface area contributed by atoms with Crippen LogP contribution in [0.15, 0.2) is 18.2 Å². The van der Waals surface area contributed by atoms with Crippen LogP contribution in [-0.4, -0.2) is 64.0 Å². The van der Waals surface area contributed by atoms with Gasteiger partial charge < -0.3 is 25.2 Å². The lowest BCUT2D eigenvalue weighted by molar-refractivity contribution is -0.139. The highest BCUT2D eigenvalue weighted by Gasteiger charge is 2.36. The number of hydrogen-bond acceptors (Lipinski definition) is 6. The molecule has 3 atom stereocenters. The molecule has 1 aromatic rings. The molecular formula is C21H29N3O6. The molecule has 1 aliphatic rings. The number of hydrogen-bond donors (Lipinski definition) is 4. The van der Waals surface area contributed by atoms with Crippen LogP contribution in [0.1, 0.15) is 49.0 Å². The van der Waals surface area contributed by atoms with Gasteiger partial charge in [0.25, 0.3) is 5.91 Å². The highest BCUT2D eigenvalue weighted by Crippen LogP contribution is 2.22. The van der Waals surface area contributed by atoms with Gasteiger partial charge in [-0.3, -0.25) is 19.7 Å². The van der Waals surface area contributed by atoms with Gasteiger partial charge in [-0.15, -0.1) is 0 Å². The third-order valence-corrected chi connectivity index (χ3v) is 5.27. The maximum Gasteiger partial charge on any atom is 0.305 e. The lowest BCUT2D eigenvalue weighted by Crippen LogP contribution is -2.56. The number of phenols is 1. The number of rotatable bonds is 9. The quantitative estimate of drug-likeness (QED) is 0.439. The lowest BCUT2D eigenvalue weighted by atomic mass is 10.0. The van der Waals surface area contributed by atoms with E-state index in [-0.39, 0.29) is 29.6 Å². The van der Waals surface area contributed by atoms with Gasteiger partial charge in [0.05, 0.1) is 18.6 Å². The molecule has 9 nitrogen and oxygen atoms in total. The van der Waals surface area contributed by atoms with Crippen LogP contribution in [0.4, 0.5) is 0 Å². The SMILES string of the molecule is Cc1c(O)cccc1C(=O)N[C@H](C(=O)N1CCC[C@H]1NC(C=O)CC(=O)O)C(C)C. The number of aldehydes is 1. The molecule has 0 spiro atoms. The summed E-state index contributed by atoms with van der Waals surface area (Å²) in [5.74, 6) is -2.08. The standard InChI is InChI=1S/C21H29N3O6/c1-12(2)19(23-20(29)15-6-4-7-16(26)13(15)3)21(30)24-9-5-8-17(24)22-14(11-25)10-18(27)28/h4,6-7,11-12,14,17,19,22,26H,5,8-10H2,1-3H3,(H,23,29)(H,27,28)/t14?,17-,19-/m0/s1. The molecule has 1 aliphatic heterocycles. The number of carboxylic acid groups (broad SMARTS) is 1. The fourth-order valence-electron chi connectivity index (χ4n) is 3.57. The summed E-state index contributed by atoms with van der Waals surface area (Å²) < 4.78 is 0. The smallest absolute Gasteiger partial charge is 0.305 e. The number of amides is 2. The van der Waals surface area contributed by atoms with Gasteiger partial charge in [-0.05, 0) is 37.8 Å². The Kier molecular flexibility index (Phi) is 7.93. The summed E-state index contributed by atoms with van der Waals surface area (Å²) in [6.45, 7) is 5.70. The molecule has 0 saturated carbocycles. The van der Waals surface area contributed by atoms with E-state index < -0.39 is 30.1 Å². The van der Waals surface area contributed by atoms with Gasteiger partial charge >= 0.3 is 5.97 Å².